The van der Waals surface area contributed by atoms with Gasteiger partial charge < -0.3 is 0 Å². The van der Waals surface area contributed by atoms with Crippen LogP contribution in [0, 0.1) is 13.0 Å². The van der Waals surface area contributed by atoms with Gasteiger partial charge in [0, 0.05) is 0 Å². The normalized spacial score (nSPS) is 15.1. The summed E-state index contributed by atoms with van der Waals surface area (Å²) in [5.74, 6) is 0.373. The minimum absolute atomic E-state index is 0.312. The van der Waals surface area contributed by atoms with Gasteiger partial charge in [-0.25, -0.2) is 0 Å². The molecule has 1 fully saturated rings. The van der Waals surface area contributed by atoms with Crippen LogP contribution in [0.15, 0.2) is 60.8 Å². The molecular weight excluding hydrogens is 401 g/mol. The summed E-state index contributed by atoms with van der Waals surface area (Å²) in [6, 6.07) is 19.1. The molecule has 2 aromatic rings. The predicted molar refractivity (Wildman–Crippen MR) is 117 cm³/mol. The summed E-state index contributed by atoms with van der Waals surface area (Å²) in [6.45, 7) is 3.92. The monoisotopic (exact) mass is 429 g/mol. The number of carbonyl (C=O) groups excluding carboxylic acids is 1. The summed E-state index contributed by atoms with van der Waals surface area (Å²) in [4.78, 5) is 13.9. The predicted octanol–water partition coefficient (Wildman–Crippen LogP) is 5.90. The molecule has 2 nitrogen and oxygen atoms in total. The third kappa shape index (κ3) is 6.51. The maximum absolute atomic E-state index is 11.7. The van der Waals surface area contributed by atoms with Gasteiger partial charge in [-0.1, -0.05) is 0 Å². The molecule has 29 heavy (non-hydrogen) atoms. The van der Waals surface area contributed by atoms with Crippen LogP contribution < -0.4 is 0 Å². The van der Waals surface area contributed by atoms with Crippen molar-refractivity contribution in [2.75, 3.05) is 0 Å². The second kappa shape index (κ2) is 11.3. The Hall–Kier alpha value is -1.99. The number of ketones is 1. The van der Waals surface area contributed by atoms with Crippen molar-refractivity contribution in [3.05, 3.63) is 79.4 Å². The van der Waals surface area contributed by atoms with Gasteiger partial charge in [0.25, 0.3) is 0 Å². The van der Waals surface area contributed by atoms with Gasteiger partial charge in [-0.05, 0) is 0 Å². The fourth-order valence-electron chi connectivity index (χ4n) is 3.66. The van der Waals surface area contributed by atoms with Crippen LogP contribution in [-0.4, -0.2) is 21.3 Å². The van der Waals surface area contributed by atoms with Gasteiger partial charge in [-0.2, -0.15) is 0 Å². The molecule has 0 unspecified atom stereocenters. The molecule has 2 aromatic carbocycles. The van der Waals surface area contributed by atoms with Gasteiger partial charge in [0.15, 0.2) is 0 Å². The Morgan fingerprint density at radius 3 is 2.34 bits per heavy atom. The molecule has 0 amide bonds. The van der Waals surface area contributed by atoms with E-state index in [0.717, 1.165) is 48.7 Å². The molecule has 1 aliphatic rings. The zero-order valence-corrected chi connectivity index (χ0v) is 17.9. The van der Waals surface area contributed by atoms with Gasteiger partial charge in [0.05, 0.1) is 0 Å². The van der Waals surface area contributed by atoms with Crippen molar-refractivity contribution >= 4 is 10.4 Å². The van der Waals surface area contributed by atoms with Gasteiger partial charge in [0.2, 0.25) is 0 Å². The van der Waals surface area contributed by atoms with Gasteiger partial charge in [-0.3, -0.25) is 0 Å². The van der Waals surface area contributed by atoms with Crippen molar-refractivity contribution in [2.24, 2.45) is 0 Å². The zero-order chi connectivity index (χ0) is 20.5. The minimum atomic E-state index is 0.312. The zero-order valence-electron chi connectivity index (χ0n) is 16.9. The van der Waals surface area contributed by atoms with Crippen molar-refractivity contribution in [3.8, 4) is 11.1 Å². The van der Waals surface area contributed by atoms with Gasteiger partial charge >= 0.3 is 183 Å². The topological polar surface area (TPSA) is 20.3 Å². The molecule has 0 aliphatic heterocycles. The molecule has 1 aliphatic carbocycles. The first-order valence-electron chi connectivity index (χ1n) is 10.5. The Morgan fingerprint density at radius 1 is 1.03 bits per heavy atom. The van der Waals surface area contributed by atoms with Gasteiger partial charge in [0.1, 0.15) is 0 Å². The summed E-state index contributed by atoms with van der Waals surface area (Å²) >= 11 is 5.40. The second-order valence-corrected chi connectivity index (χ2v) is 8.12. The summed E-state index contributed by atoms with van der Waals surface area (Å²) in [6.07, 6.45) is 12.5. The molecule has 0 atom stereocenters. The van der Waals surface area contributed by atoms with E-state index in [4.69, 9.17) is 15.0 Å². The molecule has 0 spiro atoms. The van der Waals surface area contributed by atoms with E-state index in [-0.39, 0.29) is 0 Å². The average molecular weight is 430 g/mol. The molecule has 3 heteroatoms. The maximum atomic E-state index is 11.7. The van der Waals surface area contributed by atoms with Gasteiger partial charge in [-0.15, -0.1) is 0 Å². The Labute approximate surface area is 182 Å². The van der Waals surface area contributed by atoms with E-state index >= 15 is 0 Å². The van der Waals surface area contributed by atoms with E-state index in [9.17, 15) is 4.79 Å². The van der Waals surface area contributed by atoms with E-state index in [2.05, 4.69) is 66.4 Å². The molecule has 156 valence electrons. The summed E-state index contributed by atoms with van der Waals surface area (Å²) < 4.78 is 0.992. The van der Waals surface area contributed by atoms with Crippen molar-refractivity contribution in [1.29, 1.82) is 0 Å². The number of unbranched alkanes of at least 4 members (excludes halogenated alkanes) is 2. The summed E-state index contributed by atoms with van der Waals surface area (Å²) in [7, 11) is 0. The molecule has 3 rings (SSSR count). The SMILES string of the molecule is [CH2-]CCCC[C](=[Ni])N(C=[C-]c1ccc(-c2ccccc2)cc1)C1CCC(=O)CC1. The van der Waals surface area contributed by atoms with Crippen molar-refractivity contribution < 1.29 is 19.8 Å². The average Bonchev–Trinajstić information content (AvgIpc) is 2.76. The van der Waals surface area contributed by atoms with Crippen molar-refractivity contribution in [3.63, 3.8) is 0 Å². The van der Waals surface area contributed by atoms with E-state index in [0.29, 0.717) is 24.7 Å². The van der Waals surface area contributed by atoms with Crippen molar-refractivity contribution in [2.45, 2.75) is 57.4 Å². The summed E-state index contributed by atoms with van der Waals surface area (Å²) in [5.41, 5.74) is 3.45. The first-order valence-corrected chi connectivity index (χ1v) is 11.0. The summed E-state index contributed by atoms with van der Waals surface area (Å²) in [5, 5.41) is 0. The molecule has 0 bridgehead atoms. The first kappa shape index (κ1) is 21.7. The fraction of sp³-hybridized carbons (Fsp3) is 0.346. The molecule has 0 saturated heterocycles. The van der Waals surface area contributed by atoms with E-state index in [1.807, 2.05) is 12.3 Å². The number of hydrogen-bond acceptors (Lipinski definition) is 2. The number of carbonyl (C=O) groups is 1. The second-order valence-electron chi connectivity index (χ2n) is 7.55. The molecule has 0 heterocycles. The quantitative estimate of drug-likeness (QED) is 0.280. The Balaban J connectivity index is 1.71. The van der Waals surface area contributed by atoms with E-state index in [1.54, 1.807) is 0 Å². The number of rotatable bonds is 9. The van der Waals surface area contributed by atoms with Crippen molar-refractivity contribution in [1.82, 2.24) is 4.90 Å². The molecular formula is C26H29NNiO-2. The molecule has 1 saturated carbocycles. The van der Waals surface area contributed by atoms with Crippen LogP contribution in [-0.2, 0) is 19.8 Å². The third-order valence-electron chi connectivity index (χ3n) is 5.40. The van der Waals surface area contributed by atoms with Crippen LogP contribution in [0.3, 0.4) is 0 Å². The van der Waals surface area contributed by atoms with Crippen LogP contribution in [0.5, 0.6) is 0 Å². The van der Waals surface area contributed by atoms with E-state index in [1.165, 1.54) is 11.1 Å². The molecule has 0 aromatic heterocycles. The Bertz CT molecular complexity index is 816. The fourth-order valence-corrected chi connectivity index (χ4v) is 4.08. The van der Waals surface area contributed by atoms with E-state index < -0.39 is 0 Å². The number of benzene rings is 2. The van der Waals surface area contributed by atoms with Crippen LogP contribution in [0.1, 0.15) is 56.9 Å². The van der Waals surface area contributed by atoms with Crippen LogP contribution >= 0.6 is 0 Å². The number of hydrogen-bond donors (Lipinski definition) is 0. The van der Waals surface area contributed by atoms with Crippen LogP contribution in [0.25, 0.3) is 11.1 Å². The standard InChI is InChI=1S/C26H29NO.Ni/c1-2-3-4-8-20-27(25-15-17-26(28)18-16-25)21-19-22-11-13-24(14-12-22)23-9-6-5-7-10-23;/h5-7,9-14,21,25H,1-4,8,15-18H2;/q-2;. The first-order chi connectivity index (χ1) is 14.2. The Morgan fingerprint density at radius 2 is 1.69 bits per heavy atom. The number of nitrogens with zero attached hydrogens (tertiary/aromatic N) is 1. The number of Topliss-reactive ketones (excluding diaryl/α,β-unsaturated/α-hetero) is 1. The Kier molecular flexibility index (Phi) is 8.43. The third-order valence-corrected chi connectivity index (χ3v) is 5.90. The van der Waals surface area contributed by atoms with Crippen LogP contribution in [0.2, 0.25) is 0 Å². The molecule has 0 radical (unpaired) electrons. The van der Waals surface area contributed by atoms with Crippen LogP contribution in [0.4, 0.5) is 0 Å². The molecule has 0 N–H and O–H groups in total.